The van der Waals surface area contributed by atoms with Gasteiger partial charge >= 0.3 is 0 Å². The Bertz CT molecular complexity index is 783. The highest BCUT2D eigenvalue weighted by Crippen LogP contribution is 2.27. The van der Waals surface area contributed by atoms with Crippen molar-refractivity contribution < 1.29 is 9.47 Å². The topological polar surface area (TPSA) is 72.7 Å². The molecule has 0 saturated carbocycles. The van der Waals surface area contributed by atoms with Crippen LogP contribution in [0, 0.1) is 13.8 Å². The third-order valence-electron chi connectivity index (χ3n) is 4.70. The van der Waals surface area contributed by atoms with Gasteiger partial charge < -0.3 is 20.1 Å². The Hall–Kier alpha value is -2.70. The fourth-order valence-corrected chi connectivity index (χ4v) is 3.07. The van der Waals surface area contributed by atoms with Crippen LogP contribution < -0.4 is 20.1 Å². The molecule has 0 fully saturated rings. The molecule has 0 bridgehead atoms. The van der Waals surface area contributed by atoms with E-state index in [1.807, 2.05) is 29.9 Å². The minimum atomic E-state index is 0.743. The van der Waals surface area contributed by atoms with E-state index in [0.717, 1.165) is 49.1 Å². The van der Waals surface area contributed by atoms with Crippen LogP contribution in [-0.2, 0) is 19.9 Å². The second-order valence-electron chi connectivity index (χ2n) is 6.39. The van der Waals surface area contributed by atoms with Gasteiger partial charge in [0.1, 0.15) is 0 Å². The monoisotopic (exact) mass is 373 g/mol. The van der Waals surface area contributed by atoms with Crippen LogP contribution in [0.4, 0.5) is 0 Å². The minimum Gasteiger partial charge on any atom is -0.493 e. The molecule has 2 N–H and O–H groups in total. The number of hydrogen-bond acceptors (Lipinski definition) is 4. The Morgan fingerprint density at radius 1 is 1.07 bits per heavy atom. The molecule has 1 aromatic heterocycles. The molecule has 2 aromatic rings. The van der Waals surface area contributed by atoms with E-state index in [1.54, 1.807) is 21.3 Å². The fraction of sp³-hybridized carbons (Fsp3) is 0.500. The van der Waals surface area contributed by atoms with Gasteiger partial charge in [0.05, 0.1) is 19.9 Å². The molecule has 2 rings (SSSR count). The standard InChI is InChI=1S/C20H31N5O2/c1-14-17(15(2)25(4)24-14)10-12-23-20(21-3)22-11-9-16-7-8-18(26-5)19(13-16)27-6/h7-8,13H,9-12H2,1-6H3,(H2,21,22,23). The molecular weight excluding hydrogens is 342 g/mol. The lowest BCUT2D eigenvalue weighted by Crippen LogP contribution is -2.39. The van der Waals surface area contributed by atoms with Crippen LogP contribution in [0.5, 0.6) is 11.5 Å². The predicted molar refractivity (Wildman–Crippen MR) is 109 cm³/mol. The first-order valence-electron chi connectivity index (χ1n) is 9.14. The van der Waals surface area contributed by atoms with Gasteiger partial charge in [0.15, 0.2) is 17.5 Å². The van der Waals surface area contributed by atoms with Crippen molar-refractivity contribution in [2.24, 2.45) is 12.0 Å². The van der Waals surface area contributed by atoms with Crippen molar-refractivity contribution >= 4 is 5.96 Å². The molecule has 27 heavy (non-hydrogen) atoms. The summed E-state index contributed by atoms with van der Waals surface area (Å²) in [5.74, 6) is 2.29. The Morgan fingerprint density at radius 2 is 1.74 bits per heavy atom. The molecule has 7 nitrogen and oxygen atoms in total. The summed E-state index contributed by atoms with van der Waals surface area (Å²) in [5.41, 5.74) is 4.78. The van der Waals surface area contributed by atoms with Crippen molar-refractivity contribution in [2.45, 2.75) is 26.7 Å². The van der Waals surface area contributed by atoms with Crippen molar-refractivity contribution in [1.82, 2.24) is 20.4 Å². The first-order chi connectivity index (χ1) is 13.0. The molecular formula is C20H31N5O2. The van der Waals surface area contributed by atoms with Crippen LogP contribution in [0.25, 0.3) is 0 Å². The van der Waals surface area contributed by atoms with E-state index in [1.165, 1.54) is 16.8 Å². The van der Waals surface area contributed by atoms with Gasteiger partial charge in [-0.15, -0.1) is 0 Å². The highest BCUT2D eigenvalue weighted by Gasteiger charge is 2.09. The average molecular weight is 374 g/mol. The number of guanidine groups is 1. The number of aryl methyl sites for hydroxylation is 2. The number of methoxy groups -OCH3 is 2. The first kappa shape index (κ1) is 20.6. The van der Waals surface area contributed by atoms with Crippen molar-refractivity contribution in [3.05, 3.63) is 40.7 Å². The number of ether oxygens (including phenoxy) is 2. The van der Waals surface area contributed by atoms with Crippen LogP contribution in [0.1, 0.15) is 22.5 Å². The number of benzene rings is 1. The lowest BCUT2D eigenvalue weighted by atomic mass is 10.1. The van der Waals surface area contributed by atoms with Crippen molar-refractivity contribution in [3.8, 4) is 11.5 Å². The van der Waals surface area contributed by atoms with Crippen LogP contribution in [0.2, 0.25) is 0 Å². The van der Waals surface area contributed by atoms with Crippen LogP contribution in [0.3, 0.4) is 0 Å². The van der Waals surface area contributed by atoms with Gasteiger partial charge in [0.25, 0.3) is 0 Å². The lowest BCUT2D eigenvalue weighted by molar-refractivity contribution is 0.354. The van der Waals surface area contributed by atoms with Gasteiger partial charge in [0.2, 0.25) is 0 Å². The molecule has 0 spiro atoms. The zero-order valence-corrected chi connectivity index (χ0v) is 17.2. The molecule has 0 amide bonds. The van der Waals surface area contributed by atoms with E-state index in [9.17, 15) is 0 Å². The number of nitrogens with one attached hydrogen (secondary N) is 2. The van der Waals surface area contributed by atoms with Gasteiger partial charge in [-0.1, -0.05) is 6.07 Å². The number of rotatable bonds is 8. The minimum absolute atomic E-state index is 0.743. The molecule has 0 saturated heterocycles. The lowest BCUT2D eigenvalue weighted by Gasteiger charge is -2.13. The van der Waals surface area contributed by atoms with Gasteiger partial charge in [-0.05, 0) is 49.9 Å². The number of nitrogens with zero attached hydrogens (tertiary/aromatic N) is 3. The van der Waals surface area contributed by atoms with Crippen molar-refractivity contribution in [1.29, 1.82) is 0 Å². The van der Waals surface area contributed by atoms with E-state index in [2.05, 4.69) is 34.6 Å². The van der Waals surface area contributed by atoms with E-state index < -0.39 is 0 Å². The average Bonchev–Trinajstić information content (AvgIpc) is 2.92. The molecule has 1 heterocycles. The zero-order valence-electron chi connectivity index (χ0n) is 17.2. The molecule has 0 unspecified atom stereocenters. The Morgan fingerprint density at radius 3 is 2.30 bits per heavy atom. The molecule has 0 aliphatic heterocycles. The maximum atomic E-state index is 5.35. The number of hydrogen-bond donors (Lipinski definition) is 2. The highest BCUT2D eigenvalue weighted by atomic mass is 16.5. The van der Waals surface area contributed by atoms with Crippen LogP contribution >= 0.6 is 0 Å². The van der Waals surface area contributed by atoms with Gasteiger partial charge in [-0.25, -0.2) is 0 Å². The molecule has 0 radical (unpaired) electrons. The molecule has 148 valence electrons. The molecule has 7 heteroatoms. The summed E-state index contributed by atoms with van der Waals surface area (Å²) >= 11 is 0. The summed E-state index contributed by atoms with van der Waals surface area (Å²) in [7, 11) is 7.06. The van der Waals surface area contributed by atoms with Crippen molar-refractivity contribution in [2.75, 3.05) is 34.4 Å². The third kappa shape index (κ3) is 5.39. The number of aromatic nitrogens is 2. The Kier molecular flexibility index (Phi) is 7.52. The summed E-state index contributed by atoms with van der Waals surface area (Å²) in [4.78, 5) is 4.29. The second-order valence-corrected chi connectivity index (χ2v) is 6.39. The van der Waals surface area contributed by atoms with E-state index in [4.69, 9.17) is 9.47 Å². The summed E-state index contributed by atoms with van der Waals surface area (Å²) in [6, 6.07) is 5.98. The van der Waals surface area contributed by atoms with Crippen molar-refractivity contribution in [3.63, 3.8) is 0 Å². The third-order valence-corrected chi connectivity index (χ3v) is 4.70. The summed E-state index contributed by atoms with van der Waals surface area (Å²) in [6.07, 6.45) is 1.78. The quantitative estimate of drug-likeness (QED) is 0.547. The zero-order chi connectivity index (χ0) is 19.8. The van der Waals surface area contributed by atoms with Gasteiger partial charge in [-0.3, -0.25) is 9.67 Å². The summed E-state index contributed by atoms with van der Waals surface area (Å²) < 4.78 is 12.6. The number of aliphatic imine (C=N–C) groups is 1. The van der Waals surface area contributed by atoms with Crippen LogP contribution in [0.15, 0.2) is 23.2 Å². The maximum absolute atomic E-state index is 5.35. The smallest absolute Gasteiger partial charge is 0.190 e. The molecule has 1 aromatic carbocycles. The van der Waals surface area contributed by atoms with E-state index >= 15 is 0 Å². The maximum Gasteiger partial charge on any atom is 0.190 e. The summed E-state index contributed by atoms with van der Waals surface area (Å²) in [5, 5.41) is 11.2. The Balaban J connectivity index is 1.80. The normalized spacial score (nSPS) is 11.4. The largest absolute Gasteiger partial charge is 0.493 e. The highest BCUT2D eigenvalue weighted by molar-refractivity contribution is 5.79. The Labute approximate surface area is 161 Å². The SMILES string of the molecule is CN=C(NCCc1ccc(OC)c(OC)c1)NCCc1c(C)nn(C)c1C. The van der Waals surface area contributed by atoms with E-state index in [-0.39, 0.29) is 0 Å². The fourth-order valence-electron chi connectivity index (χ4n) is 3.07. The molecule has 0 aliphatic rings. The molecule has 0 atom stereocenters. The first-order valence-corrected chi connectivity index (χ1v) is 9.14. The van der Waals surface area contributed by atoms with Crippen LogP contribution in [-0.4, -0.2) is 50.1 Å². The van der Waals surface area contributed by atoms with E-state index in [0.29, 0.717) is 0 Å². The second kappa shape index (κ2) is 9.85. The summed E-state index contributed by atoms with van der Waals surface area (Å²) in [6.45, 7) is 5.74. The van der Waals surface area contributed by atoms with Gasteiger partial charge in [0, 0.05) is 32.9 Å². The van der Waals surface area contributed by atoms with Gasteiger partial charge in [-0.2, -0.15) is 5.10 Å². The predicted octanol–water partition coefficient (Wildman–Crippen LogP) is 2.00. The molecule has 0 aliphatic carbocycles.